The molecule has 0 bridgehead atoms. The van der Waals surface area contributed by atoms with E-state index in [1.165, 1.54) is 10.9 Å². The Balaban J connectivity index is 2.39. The van der Waals surface area contributed by atoms with Crippen LogP contribution in [0, 0.1) is 6.92 Å². The molecule has 0 aliphatic rings. The maximum atomic E-state index is 10.9. The second-order valence-electron chi connectivity index (χ2n) is 4.18. The number of aromatic nitrogens is 4. The first kappa shape index (κ1) is 13.8. The van der Waals surface area contributed by atoms with Crippen LogP contribution in [-0.2, 0) is 0 Å². The maximum Gasteiger partial charge on any atom is 0.358 e. The summed E-state index contributed by atoms with van der Waals surface area (Å²) in [6, 6.07) is 1.70. The molecule has 2 rings (SSSR count). The van der Waals surface area contributed by atoms with Crippen LogP contribution in [0.5, 0.6) is 5.88 Å². The number of carbonyl (C=O) groups is 1. The molecule has 0 aromatic carbocycles. The van der Waals surface area contributed by atoms with E-state index in [9.17, 15) is 4.79 Å². The summed E-state index contributed by atoms with van der Waals surface area (Å²) in [5.41, 5.74) is 6.10. The van der Waals surface area contributed by atoms with E-state index >= 15 is 0 Å². The van der Waals surface area contributed by atoms with Crippen LogP contribution in [0.2, 0.25) is 0 Å². The van der Waals surface area contributed by atoms with Gasteiger partial charge in [-0.1, -0.05) is 6.92 Å². The average Bonchev–Trinajstić information content (AvgIpc) is 2.78. The monoisotopic (exact) mass is 277 g/mol. The number of aromatic carboxylic acids is 1. The minimum absolute atomic E-state index is 0.0543. The third-order valence-electron chi connectivity index (χ3n) is 2.42. The van der Waals surface area contributed by atoms with Gasteiger partial charge in [-0.2, -0.15) is 10.1 Å². The van der Waals surface area contributed by atoms with Crippen LogP contribution in [0.15, 0.2) is 12.3 Å². The Labute approximate surface area is 115 Å². The van der Waals surface area contributed by atoms with E-state index < -0.39 is 5.97 Å². The maximum absolute atomic E-state index is 10.9. The number of hydrogen-bond donors (Lipinski definition) is 2. The van der Waals surface area contributed by atoms with Gasteiger partial charge in [0.2, 0.25) is 5.88 Å². The quantitative estimate of drug-likeness (QED) is 0.838. The zero-order valence-corrected chi connectivity index (χ0v) is 11.2. The first-order valence-electron chi connectivity index (χ1n) is 6.08. The van der Waals surface area contributed by atoms with Crippen molar-refractivity contribution in [2.24, 2.45) is 0 Å². The van der Waals surface area contributed by atoms with Crippen molar-refractivity contribution in [2.75, 3.05) is 12.3 Å². The molecule has 8 heteroatoms. The zero-order chi connectivity index (χ0) is 14.7. The lowest BCUT2D eigenvalue weighted by atomic mass is 10.4. The molecule has 106 valence electrons. The molecule has 0 fully saturated rings. The SMILES string of the molecule is CCCOc1cc(C)nc(-n2cc(N)c(C(=O)O)n2)n1. The highest BCUT2D eigenvalue weighted by Gasteiger charge is 2.16. The molecule has 3 N–H and O–H groups in total. The molecule has 2 aromatic rings. The normalized spacial score (nSPS) is 10.5. The molecule has 0 aliphatic heterocycles. The van der Waals surface area contributed by atoms with Crippen molar-refractivity contribution in [3.05, 3.63) is 23.7 Å². The molecular formula is C12H15N5O3. The first-order chi connectivity index (χ1) is 9.51. The molecule has 0 saturated carbocycles. The largest absolute Gasteiger partial charge is 0.478 e. The van der Waals surface area contributed by atoms with Gasteiger partial charge in [0.25, 0.3) is 5.95 Å². The fraction of sp³-hybridized carbons (Fsp3) is 0.333. The molecule has 8 nitrogen and oxygen atoms in total. The van der Waals surface area contributed by atoms with Crippen LogP contribution < -0.4 is 10.5 Å². The molecule has 20 heavy (non-hydrogen) atoms. The van der Waals surface area contributed by atoms with Gasteiger partial charge >= 0.3 is 5.97 Å². The van der Waals surface area contributed by atoms with E-state index in [1.54, 1.807) is 13.0 Å². The number of aryl methyl sites for hydroxylation is 1. The molecule has 2 aromatic heterocycles. The van der Waals surface area contributed by atoms with Gasteiger partial charge in [-0.15, -0.1) is 0 Å². The molecule has 0 atom stereocenters. The van der Waals surface area contributed by atoms with Crippen molar-refractivity contribution < 1.29 is 14.6 Å². The number of carboxylic acids is 1. The van der Waals surface area contributed by atoms with Gasteiger partial charge in [0.15, 0.2) is 5.69 Å². The van der Waals surface area contributed by atoms with Crippen molar-refractivity contribution in [2.45, 2.75) is 20.3 Å². The molecule has 0 radical (unpaired) electrons. The van der Waals surface area contributed by atoms with Crippen molar-refractivity contribution in [1.82, 2.24) is 19.7 Å². The Morgan fingerprint density at radius 3 is 2.85 bits per heavy atom. The van der Waals surface area contributed by atoms with E-state index in [2.05, 4.69) is 15.1 Å². The van der Waals surface area contributed by atoms with Gasteiger partial charge in [0, 0.05) is 11.8 Å². The summed E-state index contributed by atoms with van der Waals surface area (Å²) in [7, 11) is 0. The van der Waals surface area contributed by atoms with Gasteiger partial charge < -0.3 is 15.6 Å². The van der Waals surface area contributed by atoms with Gasteiger partial charge in [-0.05, 0) is 13.3 Å². The first-order valence-corrected chi connectivity index (χ1v) is 6.08. The summed E-state index contributed by atoms with van der Waals surface area (Å²) in [6.07, 6.45) is 2.22. The van der Waals surface area contributed by atoms with Crippen LogP contribution in [0.4, 0.5) is 5.69 Å². The fourth-order valence-corrected chi connectivity index (χ4v) is 1.56. The topological polar surface area (TPSA) is 116 Å². The third kappa shape index (κ3) is 2.85. The highest BCUT2D eigenvalue weighted by Crippen LogP contribution is 2.15. The predicted octanol–water partition coefficient (Wildman–Crippen LogP) is 1.04. The number of hydrogen-bond acceptors (Lipinski definition) is 6. The van der Waals surface area contributed by atoms with Crippen LogP contribution in [0.1, 0.15) is 29.5 Å². The number of nitrogens with zero attached hydrogens (tertiary/aromatic N) is 4. The minimum Gasteiger partial charge on any atom is -0.478 e. The Hall–Kier alpha value is -2.64. The summed E-state index contributed by atoms with van der Waals surface area (Å²) in [4.78, 5) is 19.3. The van der Waals surface area contributed by atoms with Gasteiger partial charge in [-0.25, -0.2) is 14.5 Å². The second kappa shape index (κ2) is 5.55. The highest BCUT2D eigenvalue weighted by atomic mass is 16.5. The number of nitrogen functional groups attached to an aromatic ring is 1. The summed E-state index contributed by atoms with van der Waals surface area (Å²) >= 11 is 0. The van der Waals surface area contributed by atoms with Gasteiger partial charge in [-0.3, -0.25) is 0 Å². The lowest BCUT2D eigenvalue weighted by molar-refractivity contribution is 0.0691. The second-order valence-corrected chi connectivity index (χ2v) is 4.18. The smallest absolute Gasteiger partial charge is 0.358 e. The van der Waals surface area contributed by atoms with Crippen LogP contribution in [0.25, 0.3) is 5.95 Å². The van der Waals surface area contributed by atoms with E-state index in [1.807, 2.05) is 6.92 Å². The molecule has 0 unspecified atom stereocenters. The van der Waals surface area contributed by atoms with Crippen LogP contribution in [-0.4, -0.2) is 37.4 Å². The number of anilines is 1. The van der Waals surface area contributed by atoms with Crippen LogP contribution >= 0.6 is 0 Å². The third-order valence-corrected chi connectivity index (χ3v) is 2.42. The Morgan fingerprint density at radius 1 is 1.50 bits per heavy atom. The van der Waals surface area contributed by atoms with E-state index in [0.29, 0.717) is 18.2 Å². The number of ether oxygens (including phenoxy) is 1. The Bertz CT molecular complexity index is 638. The Morgan fingerprint density at radius 2 is 2.25 bits per heavy atom. The average molecular weight is 277 g/mol. The molecular weight excluding hydrogens is 262 g/mol. The van der Waals surface area contributed by atoms with Crippen molar-refractivity contribution >= 4 is 11.7 Å². The standard InChI is InChI=1S/C12H15N5O3/c1-3-4-20-9-5-7(2)14-12(15-9)17-6-8(13)10(16-17)11(18)19/h5-6H,3-4,13H2,1-2H3,(H,18,19). The fourth-order valence-electron chi connectivity index (χ4n) is 1.56. The lowest BCUT2D eigenvalue weighted by Gasteiger charge is -2.06. The minimum atomic E-state index is -1.20. The van der Waals surface area contributed by atoms with Gasteiger partial charge in [0.1, 0.15) is 0 Å². The molecule has 2 heterocycles. The zero-order valence-electron chi connectivity index (χ0n) is 11.2. The molecule has 0 aliphatic carbocycles. The van der Waals surface area contributed by atoms with E-state index in [0.717, 1.165) is 6.42 Å². The molecule has 0 spiro atoms. The summed E-state index contributed by atoms with van der Waals surface area (Å²) in [5.74, 6) is -0.563. The van der Waals surface area contributed by atoms with E-state index in [4.69, 9.17) is 15.6 Å². The number of carboxylic acid groups (broad SMARTS) is 1. The van der Waals surface area contributed by atoms with Crippen LogP contribution in [0.3, 0.4) is 0 Å². The molecule has 0 amide bonds. The van der Waals surface area contributed by atoms with Crippen molar-refractivity contribution in [1.29, 1.82) is 0 Å². The predicted molar refractivity (Wildman–Crippen MR) is 71.0 cm³/mol. The van der Waals surface area contributed by atoms with Crippen molar-refractivity contribution in [3.8, 4) is 11.8 Å². The summed E-state index contributed by atoms with van der Waals surface area (Å²) in [5, 5.41) is 12.8. The number of nitrogens with two attached hydrogens (primary N) is 1. The number of rotatable bonds is 5. The highest BCUT2D eigenvalue weighted by molar-refractivity contribution is 5.91. The summed E-state index contributed by atoms with van der Waals surface area (Å²) in [6.45, 7) is 4.31. The molecule has 0 saturated heterocycles. The summed E-state index contributed by atoms with van der Waals surface area (Å²) < 4.78 is 6.67. The van der Waals surface area contributed by atoms with Crippen molar-refractivity contribution in [3.63, 3.8) is 0 Å². The van der Waals surface area contributed by atoms with Gasteiger partial charge in [0.05, 0.1) is 18.5 Å². The Kier molecular flexibility index (Phi) is 3.83. The lowest BCUT2D eigenvalue weighted by Crippen LogP contribution is -2.07. The van der Waals surface area contributed by atoms with E-state index in [-0.39, 0.29) is 17.3 Å².